The van der Waals surface area contributed by atoms with Gasteiger partial charge in [0.15, 0.2) is 6.23 Å². The zero-order chi connectivity index (χ0) is 39.7. The van der Waals surface area contributed by atoms with E-state index >= 15 is 0 Å². The second-order valence-electron chi connectivity index (χ2n) is 16.1. The van der Waals surface area contributed by atoms with Crippen LogP contribution in [0, 0.1) is 0 Å². The number of rotatable bonds is 37. The third-order valence-corrected chi connectivity index (χ3v) is 11.1. The molecular weight excluding hydrogens is 684 g/mol. The number of aliphatic hydroxyl groups is 3. The van der Waals surface area contributed by atoms with Crippen molar-refractivity contribution in [3.05, 3.63) is 0 Å². The van der Waals surface area contributed by atoms with E-state index in [1.165, 1.54) is 116 Å². The van der Waals surface area contributed by atoms with Crippen molar-refractivity contribution < 1.29 is 39.5 Å². The Morgan fingerprint density at radius 3 is 1.35 bits per heavy atom. The van der Waals surface area contributed by atoms with Gasteiger partial charge in [-0.25, -0.2) is 0 Å². The molecule has 0 unspecified atom stereocenters. The molecule has 0 spiro atoms. The van der Waals surface area contributed by atoms with Crippen molar-refractivity contribution >= 4 is 17.8 Å². The molecule has 318 valence electrons. The van der Waals surface area contributed by atoms with Gasteiger partial charge in [0.2, 0.25) is 11.8 Å². The number of aliphatic hydroxyl groups excluding tert-OH is 3. The van der Waals surface area contributed by atoms with Gasteiger partial charge < -0.3 is 35.4 Å². The van der Waals surface area contributed by atoms with E-state index in [1.807, 2.05) is 0 Å². The molecule has 1 aliphatic rings. The lowest BCUT2D eigenvalue weighted by molar-refractivity contribution is -0.231. The fourth-order valence-electron chi connectivity index (χ4n) is 7.65. The first-order chi connectivity index (χ1) is 26.3. The number of carboxylic acid groups (broad SMARTS) is 1. The summed E-state index contributed by atoms with van der Waals surface area (Å²) in [7, 11) is 0. The number of carboxylic acids is 1. The second kappa shape index (κ2) is 34.5. The van der Waals surface area contributed by atoms with Crippen LogP contribution in [0.15, 0.2) is 0 Å². The molecule has 54 heavy (non-hydrogen) atoms. The Hall–Kier alpha value is -1.75. The van der Waals surface area contributed by atoms with Crippen molar-refractivity contribution in [1.82, 2.24) is 10.2 Å². The third kappa shape index (κ3) is 24.7. The topological polar surface area (TPSA) is 157 Å². The Morgan fingerprint density at radius 1 is 0.537 bits per heavy atom. The van der Waals surface area contributed by atoms with Crippen LogP contribution in [-0.4, -0.2) is 86.8 Å². The largest absolute Gasteiger partial charge is 0.481 e. The molecule has 0 radical (unpaired) electrons. The third-order valence-electron chi connectivity index (χ3n) is 11.1. The maximum atomic E-state index is 13.9. The van der Waals surface area contributed by atoms with Crippen molar-refractivity contribution in [1.29, 1.82) is 0 Å². The summed E-state index contributed by atoms with van der Waals surface area (Å²) in [6.07, 6.45) is 28.4. The standard InChI is InChI=1S/C44H84N2O8/c1-3-5-7-9-11-13-14-15-16-17-18-19-21-23-27-31-35-46(39(49)33-29-24-22-20-12-10-8-6-4-2)44-41(43(53)42(52)37(36-47)54-44)45-38(48)32-28-25-26-30-34-40(50)51/h37,41-44,47,52-53H,3-36H2,1-2H3,(H,45,48)(H,50,51)/t37-,41-,42+,43-,44-/m1/s1. The molecule has 1 saturated heterocycles. The van der Waals surface area contributed by atoms with Crippen LogP contribution in [0.25, 0.3) is 0 Å². The fraction of sp³-hybridized carbons (Fsp3) is 0.932. The number of carbonyl (C=O) groups is 3. The Kier molecular flexibility index (Phi) is 32.1. The summed E-state index contributed by atoms with van der Waals surface area (Å²) in [4.78, 5) is 39.3. The summed E-state index contributed by atoms with van der Waals surface area (Å²) in [5, 5.41) is 43.7. The lowest BCUT2D eigenvalue weighted by Crippen LogP contribution is -2.68. The Labute approximate surface area is 330 Å². The van der Waals surface area contributed by atoms with Crippen LogP contribution < -0.4 is 5.32 Å². The molecule has 5 N–H and O–H groups in total. The van der Waals surface area contributed by atoms with Gasteiger partial charge in [0.1, 0.15) is 24.4 Å². The smallest absolute Gasteiger partial charge is 0.303 e. The van der Waals surface area contributed by atoms with E-state index in [0.717, 1.165) is 44.9 Å². The van der Waals surface area contributed by atoms with Crippen molar-refractivity contribution in [2.24, 2.45) is 0 Å². The van der Waals surface area contributed by atoms with Crippen LogP contribution in [0.3, 0.4) is 0 Å². The van der Waals surface area contributed by atoms with E-state index in [9.17, 15) is 29.7 Å². The molecule has 0 aromatic heterocycles. The van der Waals surface area contributed by atoms with Gasteiger partial charge in [-0.1, -0.05) is 174 Å². The van der Waals surface area contributed by atoms with Gasteiger partial charge in [-0.3, -0.25) is 14.4 Å². The molecular formula is C44H84N2O8. The Bertz CT molecular complexity index is 921. The van der Waals surface area contributed by atoms with Crippen LogP contribution >= 0.6 is 0 Å². The first-order valence-corrected chi connectivity index (χ1v) is 22.7. The summed E-state index contributed by atoms with van der Waals surface area (Å²) < 4.78 is 6.14. The van der Waals surface area contributed by atoms with E-state index < -0.39 is 43.2 Å². The zero-order valence-corrected chi connectivity index (χ0v) is 34.8. The maximum Gasteiger partial charge on any atom is 0.303 e. The Morgan fingerprint density at radius 2 is 0.926 bits per heavy atom. The summed E-state index contributed by atoms with van der Waals surface area (Å²) in [5.41, 5.74) is 0. The van der Waals surface area contributed by atoms with Gasteiger partial charge in [0.05, 0.1) is 6.61 Å². The van der Waals surface area contributed by atoms with Crippen molar-refractivity contribution in [2.75, 3.05) is 13.2 Å². The van der Waals surface area contributed by atoms with Gasteiger partial charge in [-0.2, -0.15) is 0 Å². The number of ether oxygens (including phenoxy) is 1. The molecule has 10 heteroatoms. The molecule has 5 atom stereocenters. The average molecular weight is 769 g/mol. The molecule has 0 bridgehead atoms. The number of aliphatic carboxylic acids is 1. The number of nitrogens with one attached hydrogen (secondary N) is 1. The molecule has 0 aromatic carbocycles. The summed E-state index contributed by atoms with van der Waals surface area (Å²) in [5.74, 6) is -1.25. The van der Waals surface area contributed by atoms with Crippen LogP contribution in [-0.2, 0) is 19.1 Å². The number of hydrogen-bond donors (Lipinski definition) is 5. The minimum absolute atomic E-state index is 0.0955. The summed E-state index contributed by atoms with van der Waals surface area (Å²) in [6, 6.07) is -1.05. The number of carbonyl (C=O) groups excluding carboxylic acids is 2. The van der Waals surface area contributed by atoms with Crippen molar-refractivity contribution in [2.45, 2.75) is 250 Å². The SMILES string of the molecule is CCCCCCCCCCCCCCCCCCN(C(=O)CCCCCCCCCCC)[C@@H]1O[C@H](CO)[C@H](O)[C@H](O)[C@H]1NC(=O)CCCCCCC(=O)O. The van der Waals surface area contributed by atoms with Gasteiger partial charge in [-0.05, 0) is 25.7 Å². The van der Waals surface area contributed by atoms with E-state index in [2.05, 4.69) is 19.2 Å². The minimum Gasteiger partial charge on any atom is -0.481 e. The lowest BCUT2D eigenvalue weighted by atomic mass is 9.94. The molecule has 1 heterocycles. The molecule has 1 rings (SSSR count). The summed E-state index contributed by atoms with van der Waals surface area (Å²) in [6.45, 7) is 4.37. The van der Waals surface area contributed by atoms with Crippen molar-refractivity contribution in [3.63, 3.8) is 0 Å². The first-order valence-electron chi connectivity index (χ1n) is 22.7. The van der Waals surface area contributed by atoms with Crippen LogP contribution in [0.4, 0.5) is 0 Å². The fourth-order valence-corrected chi connectivity index (χ4v) is 7.65. The van der Waals surface area contributed by atoms with Crippen LogP contribution in [0.5, 0.6) is 0 Å². The van der Waals surface area contributed by atoms with E-state index in [1.54, 1.807) is 4.90 Å². The lowest BCUT2D eigenvalue weighted by Gasteiger charge is -2.47. The Balaban J connectivity index is 2.70. The quantitative estimate of drug-likeness (QED) is 0.0392. The predicted molar refractivity (Wildman–Crippen MR) is 218 cm³/mol. The number of hydrogen-bond acceptors (Lipinski definition) is 7. The van der Waals surface area contributed by atoms with E-state index in [4.69, 9.17) is 9.84 Å². The molecule has 0 aromatic rings. The van der Waals surface area contributed by atoms with Crippen molar-refractivity contribution in [3.8, 4) is 0 Å². The van der Waals surface area contributed by atoms with Crippen LogP contribution in [0.2, 0.25) is 0 Å². The molecule has 1 fully saturated rings. The predicted octanol–water partition coefficient (Wildman–Crippen LogP) is 9.35. The minimum atomic E-state index is -1.42. The van der Waals surface area contributed by atoms with E-state index in [0.29, 0.717) is 38.6 Å². The molecule has 0 aliphatic carbocycles. The zero-order valence-electron chi connectivity index (χ0n) is 34.8. The van der Waals surface area contributed by atoms with Crippen LogP contribution in [0.1, 0.15) is 219 Å². The number of unbranched alkanes of at least 4 members (excludes halogenated alkanes) is 26. The highest BCUT2D eigenvalue weighted by molar-refractivity contribution is 5.78. The highest BCUT2D eigenvalue weighted by Crippen LogP contribution is 2.26. The maximum absolute atomic E-state index is 13.9. The average Bonchev–Trinajstić information content (AvgIpc) is 3.15. The monoisotopic (exact) mass is 769 g/mol. The highest BCUT2D eigenvalue weighted by atomic mass is 16.5. The molecule has 2 amide bonds. The van der Waals surface area contributed by atoms with Gasteiger partial charge >= 0.3 is 5.97 Å². The normalized spacial score (nSPS) is 19.9. The van der Waals surface area contributed by atoms with Gasteiger partial charge in [0.25, 0.3) is 0 Å². The molecule has 0 saturated carbocycles. The first kappa shape index (κ1) is 50.3. The summed E-state index contributed by atoms with van der Waals surface area (Å²) >= 11 is 0. The van der Waals surface area contributed by atoms with Gasteiger partial charge in [0, 0.05) is 25.8 Å². The molecule has 1 aliphatic heterocycles. The number of nitrogens with zero attached hydrogens (tertiary/aromatic N) is 1. The van der Waals surface area contributed by atoms with E-state index in [-0.39, 0.29) is 24.7 Å². The second-order valence-corrected chi connectivity index (χ2v) is 16.1. The highest BCUT2D eigenvalue weighted by Gasteiger charge is 2.48. The number of amides is 2. The molecule has 10 nitrogen and oxygen atoms in total. The van der Waals surface area contributed by atoms with Gasteiger partial charge in [-0.15, -0.1) is 0 Å².